The predicted octanol–water partition coefficient (Wildman–Crippen LogP) is 3.91. The van der Waals surface area contributed by atoms with Crippen LogP contribution in [0.1, 0.15) is 33.0 Å². The summed E-state index contributed by atoms with van der Waals surface area (Å²) >= 11 is 6.74. The third-order valence-corrected chi connectivity index (χ3v) is 8.68. The maximum Gasteiger partial charge on any atom is 0.410 e. The lowest BCUT2D eigenvalue weighted by Crippen LogP contribution is -2.58. The first kappa shape index (κ1) is 32.6. The van der Waals surface area contributed by atoms with Crippen molar-refractivity contribution in [3.05, 3.63) is 40.5 Å². The molecule has 45 heavy (non-hydrogen) atoms. The molecule has 0 N–H and O–H groups in total. The molecule has 242 valence electrons. The summed E-state index contributed by atoms with van der Waals surface area (Å²) in [4.78, 5) is 27.1. The van der Waals surface area contributed by atoms with Gasteiger partial charge in [-0.05, 0) is 32.9 Å². The van der Waals surface area contributed by atoms with Gasteiger partial charge in [0.25, 0.3) is 0 Å². The van der Waals surface area contributed by atoms with Crippen molar-refractivity contribution in [2.24, 2.45) is 0 Å². The smallest absolute Gasteiger partial charge is 0.410 e. The average Bonchev–Trinajstić information content (AvgIpc) is 3.40. The molecule has 0 aliphatic carbocycles. The fraction of sp³-hybridized carbons (Fsp3) is 0.483. The first-order chi connectivity index (χ1) is 21.1. The summed E-state index contributed by atoms with van der Waals surface area (Å²) in [6.45, 7) is 6.87. The van der Waals surface area contributed by atoms with Crippen LogP contribution in [-0.2, 0) is 21.0 Å². The van der Waals surface area contributed by atoms with Gasteiger partial charge in [-0.2, -0.15) is 9.50 Å². The number of hydrogen-bond acceptors (Lipinski definition) is 11. The molecule has 1 aromatic carbocycles. The van der Waals surface area contributed by atoms with E-state index in [4.69, 9.17) is 30.8 Å². The highest BCUT2D eigenvalue weighted by atomic mass is 35.5. The third kappa shape index (κ3) is 7.06. The number of hydrogen-bond donors (Lipinski definition) is 0. The van der Waals surface area contributed by atoms with E-state index in [1.54, 1.807) is 23.1 Å². The molecule has 1 fully saturated rings. The highest BCUT2D eigenvalue weighted by Crippen LogP contribution is 2.41. The van der Waals surface area contributed by atoms with Crippen LogP contribution in [0.15, 0.2) is 29.6 Å². The number of benzene rings is 1. The molecule has 0 radical (unpaired) electrons. The summed E-state index contributed by atoms with van der Waals surface area (Å²) in [6.07, 6.45) is 2.89. The summed E-state index contributed by atoms with van der Waals surface area (Å²) in [5, 5.41) is 18.6. The number of hydroxylamine groups is 3. The molecule has 0 saturated carbocycles. The molecule has 1 aliphatic heterocycles. The van der Waals surface area contributed by atoms with E-state index in [1.807, 2.05) is 20.8 Å². The zero-order valence-electron chi connectivity index (χ0n) is 26.0. The van der Waals surface area contributed by atoms with Gasteiger partial charge in [-0.15, -0.1) is 5.10 Å². The van der Waals surface area contributed by atoms with Crippen LogP contribution in [0.3, 0.4) is 0 Å². The van der Waals surface area contributed by atoms with E-state index < -0.39 is 26.2 Å². The van der Waals surface area contributed by atoms with Crippen molar-refractivity contribution < 1.29 is 32.1 Å². The van der Waals surface area contributed by atoms with Crippen molar-refractivity contribution in [2.75, 3.05) is 53.2 Å². The number of carbonyl (C=O) groups is 1. The number of amides is 1. The Labute approximate surface area is 266 Å². The van der Waals surface area contributed by atoms with E-state index >= 15 is 0 Å². The number of aryl methyl sites for hydroxylation is 1. The molecule has 1 saturated heterocycles. The van der Waals surface area contributed by atoms with Gasteiger partial charge in [0, 0.05) is 47.9 Å². The van der Waals surface area contributed by atoms with Crippen LogP contribution in [0.2, 0.25) is 5.02 Å². The molecular weight excluding hydrogens is 626 g/mol. The highest BCUT2D eigenvalue weighted by Gasteiger charge is 2.31. The molecule has 16 heteroatoms. The van der Waals surface area contributed by atoms with Crippen molar-refractivity contribution in [1.29, 1.82) is 0 Å². The van der Waals surface area contributed by atoms with E-state index in [9.17, 15) is 18.4 Å². The Morgan fingerprint density at radius 1 is 1.07 bits per heavy atom. The summed E-state index contributed by atoms with van der Waals surface area (Å²) in [5.41, 5.74) is 1.15. The number of halogens is 1. The third-order valence-electron chi connectivity index (χ3n) is 7.43. The zero-order chi connectivity index (χ0) is 32.7. The van der Waals surface area contributed by atoms with E-state index in [2.05, 4.69) is 15.1 Å². The largest absolute Gasteiger partial charge is 0.633 e. The van der Waals surface area contributed by atoms with Gasteiger partial charge in [0.15, 0.2) is 17.1 Å². The number of piperazine rings is 1. The van der Waals surface area contributed by atoms with Gasteiger partial charge in [-0.1, -0.05) is 11.6 Å². The molecule has 1 amide bonds. The molecule has 0 unspecified atom stereocenters. The van der Waals surface area contributed by atoms with Gasteiger partial charge >= 0.3 is 6.09 Å². The molecule has 3 aromatic heterocycles. The molecule has 14 nitrogen and oxygen atoms in total. The lowest BCUT2D eigenvalue weighted by atomic mass is 10.0. The maximum absolute atomic E-state index is 13.4. The van der Waals surface area contributed by atoms with Crippen molar-refractivity contribution in [3.63, 3.8) is 0 Å². The van der Waals surface area contributed by atoms with Gasteiger partial charge in [0.2, 0.25) is 15.0 Å². The van der Waals surface area contributed by atoms with E-state index in [-0.39, 0.29) is 23.9 Å². The van der Waals surface area contributed by atoms with Crippen LogP contribution < -0.4 is 9.47 Å². The second kappa shape index (κ2) is 12.2. The van der Waals surface area contributed by atoms with Gasteiger partial charge < -0.3 is 24.1 Å². The summed E-state index contributed by atoms with van der Waals surface area (Å²) in [5.74, 6) is 1.33. The number of quaternary nitrogens is 1. The number of carbonyl (C=O) groups excluding carboxylic acids is 1. The first-order valence-corrected chi connectivity index (χ1v) is 16.6. The topological polar surface area (TPSA) is 161 Å². The Morgan fingerprint density at radius 3 is 2.40 bits per heavy atom. The Hall–Kier alpha value is -3.79. The summed E-state index contributed by atoms with van der Waals surface area (Å²) in [6, 6.07) is 5.17. The van der Waals surface area contributed by atoms with Crippen LogP contribution in [-0.4, -0.2) is 107 Å². The number of sulfone groups is 1. The van der Waals surface area contributed by atoms with Crippen molar-refractivity contribution in [1.82, 2.24) is 29.5 Å². The molecular formula is C29H36ClN7O7S. The second-order valence-corrected chi connectivity index (χ2v) is 14.3. The lowest BCUT2D eigenvalue weighted by Gasteiger charge is -2.48. The number of fused-ring (bicyclic) bond motifs is 3. The Balaban J connectivity index is 1.45. The van der Waals surface area contributed by atoms with E-state index in [0.717, 1.165) is 6.26 Å². The fourth-order valence-corrected chi connectivity index (χ4v) is 5.92. The minimum Gasteiger partial charge on any atom is -0.633 e. The minimum absolute atomic E-state index is 0.250. The average molecular weight is 662 g/mol. The minimum atomic E-state index is -3.70. The Morgan fingerprint density at radius 2 is 1.78 bits per heavy atom. The molecule has 0 atom stereocenters. The van der Waals surface area contributed by atoms with Crippen LogP contribution in [0.25, 0.3) is 27.8 Å². The number of methoxy groups -OCH3 is 2. The SMILES string of the molecule is COc1cc(OC)c(Cl)c(-c2cc3cnc(S(C)(=O)=O)nc3n3nc(CCC[N+]4([O-])CCN(C(=O)OC(C)(C)C)CC4)nc23)c1. The monoisotopic (exact) mass is 661 g/mol. The molecule has 0 bridgehead atoms. The summed E-state index contributed by atoms with van der Waals surface area (Å²) in [7, 11) is -0.675. The maximum atomic E-state index is 13.4. The lowest BCUT2D eigenvalue weighted by molar-refractivity contribution is -0.884. The molecule has 0 spiro atoms. The Bertz CT molecular complexity index is 1870. The normalized spacial score (nSPS) is 15.4. The molecule has 4 aromatic rings. The number of pyridine rings is 1. The number of ether oxygens (including phenoxy) is 3. The van der Waals surface area contributed by atoms with E-state index in [0.29, 0.717) is 77.0 Å². The first-order valence-electron chi connectivity index (χ1n) is 14.3. The fourth-order valence-electron chi connectivity index (χ4n) is 5.14. The van der Waals surface area contributed by atoms with E-state index in [1.165, 1.54) is 24.9 Å². The number of rotatable bonds is 8. The van der Waals surface area contributed by atoms with Gasteiger partial charge in [0.1, 0.15) is 17.1 Å². The molecule has 4 heterocycles. The van der Waals surface area contributed by atoms with Crippen molar-refractivity contribution in [3.8, 4) is 22.6 Å². The molecule has 5 rings (SSSR count). The highest BCUT2D eigenvalue weighted by molar-refractivity contribution is 7.90. The van der Waals surface area contributed by atoms with Crippen LogP contribution in [0, 0.1) is 5.21 Å². The Kier molecular flexibility index (Phi) is 8.83. The van der Waals surface area contributed by atoms with Gasteiger partial charge in [-0.3, -0.25) is 4.90 Å². The van der Waals surface area contributed by atoms with Crippen LogP contribution in [0.4, 0.5) is 4.79 Å². The standard InChI is InChI=1S/C29H36ClN7O7S/c1-29(2,3)44-28(38)35-9-12-37(39,13-10-35)11-7-8-23-32-26-21(20-15-19(42-4)16-22(43-5)24(20)30)14-18-17-31-27(45(6,40)41)33-25(18)36(26)34-23/h14-17H,7-13H2,1-6H3. The number of nitrogens with zero attached hydrogens (tertiary/aromatic N) is 7. The molecule has 1 aliphatic rings. The predicted molar refractivity (Wildman–Crippen MR) is 167 cm³/mol. The quantitative estimate of drug-likeness (QED) is 0.153. The number of aromatic nitrogens is 5. The second-order valence-electron chi connectivity index (χ2n) is 12.0. The summed E-state index contributed by atoms with van der Waals surface area (Å²) < 4.78 is 41.9. The van der Waals surface area contributed by atoms with Gasteiger partial charge in [-0.25, -0.2) is 23.2 Å². The van der Waals surface area contributed by atoms with Gasteiger partial charge in [0.05, 0.1) is 52.0 Å². The van der Waals surface area contributed by atoms with Crippen molar-refractivity contribution >= 4 is 44.2 Å². The van der Waals surface area contributed by atoms with Crippen LogP contribution >= 0.6 is 11.6 Å². The van der Waals surface area contributed by atoms with Crippen molar-refractivity contribution in [2.45, 2.75) is 44.4 Å². The zero-order valence-corrected chi connectivity index (χ0v) is 27.6. The van der Waals surface area contributed by atoms with Crippen LogP contribution in [0.5, 0.6) is 11.5 Å².